The highest BCUT2D eigenvalue weighted by atomic mass is 32.1. The smallest absolute Gasteiger partial charge is 0.164 e. The summed E-state index contributed by atoms with van der Waals surface area (Å²) in [5.41, 5.74) is 7.30. The average Bonchev–Trinajstić information content (AvgIpc) is 3.63. The van der Waals surface area contributed by atoms with Gasteiger partial charge in [-0.3, -0.25) is 4.98 Å². The van der Waals surface area contributed by atoms with E-state index in [1.54, 1.807) is 0 Å². The zero-order valence-corrected chi connectivity index (χ0v) is 30.3. The van der Waals surface area contributed by atoms with Gasteiger partial charge in [0.05, 0.1) is 0 Å². The predicted molar refractivity (Wildman–Crippen MR) is 230 cm³/mol. The second-order valence-corrected chi connectivity index (χ2v) is 14.9. The molecule has 0 radical (unpaired) electrons. The van der Waals surface area contributed by atoms with Gasteiger partial charge in [-0.05, 0) is 91.0 Å². The van der Waals surface area contributed by atoms with Crippen LogP contribution in [0.3, 0.4) is 0 Å². The second kappa shape index (κ2) is 12.8. The van der Waals surface area contributed by atoms with E-state index in [1.165, 1.54) is 58.1 Å². The molecule has 0 saturated heterocycles. The maximum Gasteiger partial charge on any atom is 0.164 e. The molecule has 0 atom stereocenters. The maximum absolute atomic E-state index is 5.14. The summed E-state index contributed by atoms with van der Waals surface area (Å²) in [6.45, 7) is 0. The number of rotatable bonds is 5. The zero-order valence-electron chi connectivity index (χ0n) is 29.5. The molecule has 11 aromatic rings. The summed E-state index contributed by atoms with van der Waals surface area (Å²) < 4.78 is 2.47. The van der Waals surface area contributed by atoms with Crippen LogP contribution in [-0.4, -0.2) is 19.9 Å². The molecule has 256 valence electrons. The van der Waals surface area contributed by atoms with Crippen LogP contribution >= 0.6 is 11.3 Å². The van der Waals surface area contributed by atoms with Crippen molar-refractivity contribution in [2.45, 2.75) is 0 Å². The molecular formula is C50H30N4S. The van der Waals surface area contributed by atoms with E-state index in [2.05, 4.69) is 157 Å². The Morgan fingerprint density at radius 2 is 0.745 bits per heavy atom. The minimum Gasteiger partial charge on any atom is -0.265 e. The molecule has 4 nitrogen and oxygen atoms in total. The Morgan fingerprint density at radius 1 is 0.273 bits per heavy atom. The van der Waals surface area contributed by atoms with Crippen LogP contribution in [0.25, 0.3) is 109 Å². The number of thiophene rings is 1. The minimum atomic E-state index is 0.629. The Balaban J connectivity index is 1.07. The minimum absolute atomic E-state index is 0.629. The zero-order chi connectivity index (χ0) is 36.3. The molecule has 5 heteroatoms. The first-order valence-corrected chi connectivity index (χ1v) is 19.2. The molecule has 0 amide bonds. The Hall–Kier alpha value is -7.08. The molecular weight excluding hydrogens is 689 g/mol. The van der Waals surface area contributed by atoms with Crippen LogP contribution in [0.1, 0.15) is 0 Å². The molecule has 0 unspecified atom stereocenters. The molecule has 0 spiro atoms. The molecule has 0 aliphatic carbocycles. The van der Waals surface area contributed by atoms with E-state index in [1.807, 2.05) is 41.9 Å². The van der Waals surface area contributed by atoms with E-state index in [4.69, 9.17) is 15.0 Å². The first-order valence-electron chi connectivity index (χ1n) is 18.4. The third-order valence-electron chi connectivity index (χ3n) is 10.6. The number of hydrogen-bond acceptors (Lipinski definition) is 5. The van der Waals surface area contributed by atoms with Crippen molar-refractivity contribution in [3.05, 3.63) is 182 Å². The number of pyridine rings is 1. The third kappa shape index (κ3) is 5.44. The van der Waals surface area contributed by atoms with Crippen molar-refractivity contribution in [2.75, 3.05) is 0 Å². The van der Waals surface area contributed by atoms with Gasteiger partial charge in [-0.2, -0.15) is 0 Å². The summed E-state index contributed by atoms with van der Waals surface area (Å²) in [6, 6.07) is 60.3. The topological polar surface area (TPSA) is 51.6 Å². The summed E-state index contributed by atoms with van der Waals surface area (Å²) in [6.07, 6.45) is 3.63. The highest BCUT2D eigenvalue weighted by molar-refractivity contribution is 7.26. The first kappa shape index (κ1) is 31.4. The summed E-state index contributed by atoms with van der Waals surface area (Å²) in [5.74, 6) is 1.91. The van der Waals surface area contributed by atoms with Crippen LogP contribution in [0.5, 0.6) is 0 Å². The molecule has 0 aliphatic rings. The molecule has 11 rings (SSSR count). The van der Waals surface area contributed by atoms with E-state index in [0.717, 1.165) is 33.4 Å². The van der Waals surface area contributed by atoms with E-state index < -0.39 is 0 Å². The molecule has 3 heterocycles. The van der Waals surface area contributed by atoms with Gasteiger partial charge < -0.3 is 0 Å². The van der Waals surface area contributed by atoms with Gasteiger partial charge >= 0.3 is 0 Å². The highest BCUT2D eigenvalue weighted by Crippen LogP contribution is 2.42. The van der Waals surface area contributed by atoms with E-state index in [9.17, 15) is 0 Å². The van der Waals surface area contributed by atoms with E-state index >= 15 is 0 Å². The number of nitrogens with zero attached hydrogens (tertiary/aromatic N) is 4. The molecule has 0 bridgehead atoms. The van der Waals surface area contributed by atoms with Crippen LogP contribution in [0.2, 0.25) is 0 Å². The summed E-state index contributed by atoms with van der Waals surface area (Å²) in [5, 5.41) is 10.2. The second-order valence-electron chi connectivity index (χ2n) is 13.9. The van der Waals surface area contributed by atoms with Crippen molar-refractivity contribution in [1.82, 2.24) is 19.9 Å². The molecule has 0 aliphatic heterocycles. The Kier molecular flexibility index (Phi) is 7.32. The van der Waals surface area contributed by atoms with Gasteiger partial charge in [0.15, 0.2) is 17.5 Å². The fraction of sp³-hybridized carbons (Fsp3) is 0. The summed E-state index contributed by atoms with van der Waals surface area (Å²) in [7, 11) is 0. The first-order chi connectivity index (χ1) is 27.2. The SMILES string of the molecule is c1ccc(-c2ccc(-c3nc(-c4cccc(-c5ccncc5)c4)nc(-c4ccc5c(c4)sc4cc6c7ccccc7c7ccccc7c6cc45)n3)cc2)cc1. The third-order valence-corrected chi connectivity index (χ3v) is 11.7. The fourth-order valence-corrected chi connectivity index (χ4v) is 9.07. The van der Waals surface area contributed by atoms with Crippen molar-refractivity contribution in [1.29, 1.82) is 0 Å². The lowest BCUT2D eigenvalue weighted by atomic mass is 9.93. The number of aromatic nitrogens is 4. The van der Waals surface area contributed by atoms with Crippen LogP contribution in [0.4, 0.5) is 0 Å². The highest BCUT2D eigenvalue weighted by Gasteiger charge is 2.17. The monoisotopic (exact) mass is 718 g/mol. The van der Waals surface area contributed by atoms with Gasteiger partial charge in [0, 0.05) is 49.3 Å². The van der Waals surface area contributed by atoms with E-state index in [0.29, 0.717) is 17.5 Å². The Morgan fingerprint density at radius 3 is 1.44 bits per heavy atom. The summed E-state index contributed by atoms with van der Waals surface area (Å²) >= 11 is 1.82. The van der Waals surface area contributed by atoms with Crippen LogP contribution in [-0.2, 0) is 0 Å². The van der Waals surface area contributed by atoms with Crippen LogP contribution in [0.15, 0.2) is 182 Å². The molecule has 0 N–H and O–H groups in total. The van der Waals surface area contributed by atoms with Gasteiger partial charge in [0.2, 0.25) is 0 Å². The summed E-state index contributed by atoms with van der Waals surface area (Å²) in [4.78, 5) is 19.6. The Labute approximate surface area is 321 Å². The van der Waals surface area contributed by atoms with Gasteiger partial charge in [-0.1, -0.05) is 133 Å². The molecule has 3 aromatic heterocycles. The van der Waals surface area contributed by atoms with Gasteiger partial charge in [0.25, 0.3) is 0 Å². The van der Waals surface area contributed by atoms with Gasteiger partial charge in [0.1, 0.15) is 0 Å². The number of fused-ring (bicyclic) bond motifs is 9. The molecule has 0 fully saturated rings. The maximum atomic E-state index is 5.14. The van der Waals surface area contributed by atoms with Crippen LogP contribution in [0, 0.1) is 0 Å². The molecule has 8 aromatic carbocycles. The molecule has 0 saturated carbocycles. The lowest BCUT2D eigenvalue weighted by molar-refractivity contribution is 1.07. The van der Waals surface area contributed by atoms with Crippen LogP contribution < -0.4 is 0 Å². The van der Waals surface area contributed by atoms with Crippen molar-refractivity contribution in [3.8, 4) is 56.4 Å². The average molecular weight is 719 g/mol. The van der Waals surface area contributed by atoms with Crippen molar-refractivity contribution < 1.29 is 0 Å². The Bertz CT molecular complexity index is 3250. The number of benzene rings is 8. The lowest BCUT2D eigenvalue weighted by Gasteiger charge is -2.11. The normalized spacial score (nSPS) is 11.6. The van der Waals surface area contributed by atoms with E-state index in [-0.39, 0.29) is 0 Å². The quantitative estimate of drug-likeness (QED) is 0.166. The van der Waals surface area contributed by atoms with Crippen molar-refractivity contribution in [2.24, 2.45) is 0 Å². The largest absolute Gasteiger partial charge is 0.265 e. The van der Waals surface area contributed by atoms with Gasteiger partial charge in [-0.25, -0.2) is 15.0 Å². The van der Waals surface area contributed by atoms with Crippen molar-refractivity contribution >= 4 is 63.8 Å². The van der Waals surface area contributed by atoms with Crippen molar-refractivity contribution in [3.63, 3.8) is 0 Å². The van der Waals surface area contributed by atoms with Gasteiger partial charge in [-0.15, -0.1) is 11.3 Å². The molecule has 55 heavy (non-hydrogen) atoms. The fourth-order valence-electron chi connectivity index (χ4n) is 7.90. The predicted octanol–water partition coefficient (Wildman–Crippen LogP) is 13.4. The number of hydrogen-bond donors (Lipinski definition) is 0. The standard InChI is InChI=1S/C50H30N4S/c1-2-9-31(10-3-1)32-17-19-34(20-18-32)48-52-49(36-12-8-11-35(27-36)33-23-25-51-26-24-33)54-50(53-48)37-21-22-42-45-29-43-40-15-6-4-13-38(40)39-14-5-7-16-41(39)44(43)30-47(45)55-46(42)28-37/h1-30H. The lowest BCUT2D eigenvalue weighted by Crippen LogP contribution is -2.00.